The molecule has 0 saturated heterocycles. The van der Waals surface area contributed by atoms with Gasteiger partial charge < -0.3 is 14.2 Å². The van der Waals surface area contributed by atoms with Crippen LogP contribution in [0.1, 0.15) is 27.2 Å². The first-order chi connectivity index (χ1) is 13.9. The Morgan fingerprint density at radius 3 is 2.59 bits per heavy atom. The Morgan fingerprint density at radius 2 is 1.83 bits per heavy atom. The Bertz CT molecular complexity index is 1190. The number of amides is 1. The van der Waals surface area contributed by atoms with Crippen molar-refractivity contribution in [3.05, 3.63) is 71.2 Å². The zero-order valence-electron chi connectivity index (χ0n) is 16.2. The summed E-state index contributed by atoms with van der Waals surface area (Å²) in [5.41, 5.74) is 6.42. The van der Waals surface area contributed by atoms with E-state index in [-0.39, 0.29) is 10.9 Å². The van der Waals surface area contributed by atoms with Gasteiger partial charge in [0.15, 0.2) is 16.5 Å². The number of hydrogen-bond donors (Lipinski definition) is 2. The molecule has 0 aliphatic heterocycles. The van der Waals surface area contributed by atoms with Crippen molar-refractivity contribution >= 4 is 40.0 Å². The van der Waals surface area contributed by atoms with Crippen LogP contribution in [0.3, 0.4) is 0 Å². The number of rotatable bonds is 3. The Hall–Kier alpha value is -3.45. The molecule has 29 heavy (non-hydrogen) atoms. The second-order valence-corrected chi connectivity index (χ2v) is 7.25. The van der Waals surface area contributed by atoms with Gasteiger partial charge in [-0.05, 0) is 86.1 Å². The quantitative estimate of drug-likeness (QED) is 0.460. The predicted molar refractivity (Wildman–Crippen MR) is 116 cm³/mol. The Balaban J connectivity index is 1.57. The number of thiocarbonyl (C=S) groups is 1. The van der Waals surface area contributed by atoms with E-state index in [1.807, 2.05) is 44.2 Å². The number of nitrogens with zero attached hydrogens (tertiary/aromatic N) is 1. The molecule has 1 amide bonds. The number of nitrogens with one attached hydrogen (secondary N) is 2. The minimum absolute atomic E-state index is 0.176. The van der Waals surface area contributed by atoms with Crippen molar-refractivity contribution in [3.8, 4) is 11.5 Å². The van der Waals surface area contributed by atoms with Gasteiger partial charge in [-0.1, -0.05) is 6.07 Å². The van der Waals surface area contributed by atoms with Gasteiger partial charge >= 0.3 is 0 Å². The Morgan fingerprint density at radius 1 is 1.03 bits per heavy atom. The maximum Gasteiger partial charge on any atom is 0.293 e. The van der Waals surface area contributed by atoms with E-state index in [1.165, 1.54) is 11.8 Å². The molecule has 0 aliphatic rings. The number of fused-ring (bicyclic) bond motifs is 1. The van der Waals surface area contributed by atoms with Crippen LogP contribution < -0.4 is 10.6 Å². The van der Waals surface area contributed by atoms with Gasteiger partial charge in [0.25, 0.3) is 5.91 Å². The van der Waals surface area contributed by atoms with Gasteiger partial charge in [0.1, 0.15) is 5.52 Å². The van der Waals surface area contributed by atoms with E-state index in [4.69, 9.17) is 21.1 Å². The highest BCUT2D eigenvalue weighted by Gasteiger charge is 2.14. The lowest BCUT2D eigenvalue weighted by Gasteiger charge is -2.12. The van der Waals surface area contributed by atoms with E-state index >= 15 is 0 Å². The molecule has 0 atom stereocenters. The minimum Gasteiger partial charge on any atom is -0.459 e. The number of carbonyl (C=O) groups excluding carboxylic acids is 1. The lowest BCUT2D eigenvalue weighted by molar-refractivity contribution is 0.0950. The number of oxazole rings is 1. The summed E-state index contributed by atoms with van der Waals surface area (Å²) >= 11 is 5.26. The summed E-state index contributed by atoms with van der Waals surface area (Å²) in [5, 5.41) is 5.83. The maximum absolute atomic E-state index is 12.1. The molecule has 0 aliphatic carbocycles. The molecule has 4 rings (SSSR count). The highest BCUT2D eigenvalue weighted by molar-refractivity contribution is 7.80. The molecule has 7 heteroatoms. The molecule has 2 aromatic carbocycles. The molecule has 2 N–H and O–H groups in total. The molecule has 0 bridgehead atoms. The van der Waals surface area contributed by atoms with E-state index in [0.29, 0.717) is 5.89 Å². The van der Waals surface area contributed by atoms with Gasteiger partial charge in [-0.15, -0.1) is 0 Å². The van der Waals surface area contributed by atoms with E-state index in [9.17, 15) is 4.79 Å². The van der Waals surface area contributed by atoms with Crippen molar-refractivity contribution < 1.29 is 13.6 Å². The molecule has 146 valence electrons. The monoisotopic (exact) mass is 405 g/mol. The minimum atomic E-state index is -0.411. The third kappa shape index (κ3) is 3.90. The first kappa shape index (κ1) is 18.9. The van der Waals surface area contributed by atoms with Crippen molar-refractivity contribution in [2.75, 3.05) is 5.32 Å². The van der Waals surface area contributed by atoms with Crippen molar-refractivity contribution in [2.24, 2.45) is 0 Å². The maximum atomic E-state index is 12.1. The molecule has 0 spiro atoms. The molecule has 2 heterocycles. The molecule has 4 aromatic rings. The van der Waals surface area contributed by atoms with Gasteiger partial charge in [-0.3, -0.25) is 10.1 Å². The molecular weight excluding hydrogens is 386 g/mol. The van der Waals surface area contributed by atoms with Crippen LogP contribution in [0.15, 0.2) is 57.6 Å². The Kier molecular flexibility index (Phi) is 4.90. The zero-order chi connectivity index (χ0) is 20.5. The number of benzene rings is 2. The molecule has 2 aromatic heterocycles. The van der Waals surface area contributed by atoms with Crippen LogP contribution in [-0.2, 0) is 0 Å². The molecular formula is C22H19N3O3S. The number of anilines is 1. The van der Waals surface area contributed by atoms with Crippen LogP contribution in [-0.4, -0.2) is 16.0 Å². The Labute approximate surface area is 172 Å². The van der Waals surface area contributed by atoms with Gasteiger partial charge in [0, 0.05) is 11.3 Å². The predicted octanol–water partition coefficient (Wildman–Crippen LogP) is 5.14. The largest absolute Gasteiger partial charge is 0.459 e. The van der Waals surface area contributed by atoms with Gasteiger partial charge in [-0.25, -0.2) is 4.98 Å². The second-order valence-electron chi connectivity index (χ2n) is 6.84. The first-order valence-corrected chi connectivity index (χ1v) is 9.46. The zero-order valence-corrected chi connectivity index (χ0v) is 17.0. The van der Waals surface area contributed by atoms with Crippen LogP contribution >= 0.6 is 12.2 Å². The van der Waals surface area contributed by atoms with Gasteiger partial charge in [0.05, 0.1) is 6.26 Å². The molecule has 0 saturated carbocycles. The summed E-state index contributed by atoms with van der Waals surface area (Å²) in [6, 6.07) is 13.0. The summed E-state index contributed by atoms with van der Waals surface area (Å²) in [4.78, 5) is 16.7. The molecule has 0 unspecified atom stereocenters. The number of hydrogen-bond acceptors (Lipinski definition) is 5. The van der Waals surface area contributed by atoms with Crippen LogP contribution in [0.5, 0.6) is 0 Å². The molecule has 0 radical (unpaired) electrons. The number of aryl methyl sites for hydroxylation is 3. The normalized spacial score (nSPS) is 10.9. The summed E-state index contributed by atoms with van der Waals surface area (Å²) < 4.78 is 11.0. The summed E-state index contributed by atoms with van der Waals surface area (Å²) in [7, 11) is 0. The fourth-order valence-corrected chi connectivity index (χ4v) is 3.12. The third-order valence-corrected chi connectivity index (χ3v) is 4.91. The van der Waals surface area contributed by atoms with Crippen LogP contribution in [0.25, 0.3) is 22.6 Å². The standard InChI is InChI=1S/C22H19N3O3S/c1-12-6-7-15(21-23-17-9-13(2)14(3)10-19(17)28-21)11-16(12)24-22(29)25-20(26)18-5-4-8-27-18/h4-11H,1-3H3,(H2,24,25,26,29). The molecule has 6 nitrogen and oxygen atoms in total. The van der Waals surface area contributed by atoms with Crippen LogP contribution in [0.2, 0.25) is 0 Å². The highest BCUT2D eigenvalue weighted by Crippen LogP contribution is 2.29. The van der Waals surface area contributed by atoms with E-state index < -0.39 is 5.91 Å². The van der Waals surface area contributed by atoms with Gasteiger partial charge in [0.2, 0.25) is 5.89 Å². The highest BCUT2D eigenvalue weighted by atomic mass is 32.1. The van der Waals surface area contributed by atoms with Crippen LogP contribution in [0, 0.1) is 20.8 Å². The van der Waals surface area contributed by atoms with E-state index in [1.54, 1.807) is 12.1 Å². The summed E-state index contributed by atoms with van der Waals surface area (Å²) in [5.74, 6) is 0.307. The van der Waals surface area contributed by atoms with E-state index in [2.05, 4.69) is 22.5 Å². The number of furan rings is 1. The third-order valence-electron chi connectivity index (χ3n) is 4.71. The number of aromatic nitrogens is 1. The first-order valence-electron chi connectivity index (χ1n) is 9.05. The fraction of sp³-hybridized carbons (Fsp3) is 0.136. The lowest BCUT2D eigenvalue weighted by atomic mass is 10.1. The average molecular weight is 405 g/mol. The SMILES string of the molecule is Cc1cc2nc(-c3ccc(C)c(NC(=S)NC(=O)c4ccco4)c3)oc2cc1C. The molecule has 0 fully saturated rings. The summed E-state index contributed by atoms with van der Waals surface area (Å²) in [6.45, 7) is 6.04. The van der Waals surface area contributed by atoms with Crippen molar-refractivity contribution in [2.45, 2.75) is 20.8 Å². The average Bonchev–Trinajstić information content (AvgIpc) is 3.34. The topological polar surface area (TPSA) is 80.3 Å². The van der Waals surface area contributed by atoms with E-state index in [0.717, 1.165) is 33.5 Å². The van der Waals surface area contributed by atoms with Crippen molar-refractivity contribution in [1.29, 1.82) is 0 Å². The van der Waals surface area contributed by atoms with Gasteiger partial charge in [-0.2, -0.15) is 0 Å². The number of carbonyl (C=O) groups is 1. The lowest BCUT2D eigenvalue weighted by Crippen LogP contribution is -2.34. The fourth-order valence-electron chi connectivity index (χ4n) is 2.92. The smallest absolute Gasteiger partial charge is 0.293 e. The van der Waals surface area contributed by atoms with Crippen molar-refractivity contribution in [1.82, 2.24) is 10.3 Å². The second kappa shape index (κ2) is 7.52. The summed E-state index contributed by atoms with van der Waals surface area (Å²) in [6.07, 6.45) is 1.43. The van der Waals surface area contributed by atoms with Crippen LogP contribution in [0.4, 0.5) is 5.69 Å². The van der Waals surface area contributed by atoms with Crippen molar-refractivity contribution in [3.63, 3.8) is 0 Å².